The highest BCUT2D eigenvalue weighted by atomic mass is 16.5. The van der Waals surface area contributed by atoms with E-state index in [2.05, 4.69) is 15.8 Å². The topological polar surface area (TPSA) is 76.4 Å². The average molecular weight is 253 g/mol. The maximum Gasteiger partial charge on any atom is 0.224 e. The van der Waals surface area contributed by atoms with E-state index in [1.807, 2.05) is 13.8 Å². The van der Waals surface area contributed by atoms with Gasteiger partial charge >= 0.3 is 0 Å². The normalized spacial score (nSPS) is 23.3. The van der Waals surface area contributed by atoms with Crippen LogP contribution in [-0.4, -0.2) is 43.4 Å². The van der Waals surface area contributed by atoms with E-state index in [1.165, 1.54) is 0 Å². The summed E-state index contributed by atoms with van der Waals surface area (Å²) in [6, 6.07) is 0.0305. The summed E-state index contributed by atoms with van der Waals surface area (Å²) < 4.78 is 10.3. The van der Waals surface area contributed by atoms with Gasteiger partial charge in [0.1, 0.15) is 5.76 Å². The first kappa shape index (κ1) is 13.0. The van der Waals surface area contributed by atoms with Crippen LogP contribution in [0.25, 0.3) is 0 Å². The van der Waals surface area contributed by atoms with E-state index < -0.39 is 0 Å². The first-order valence-corrected chi connectivity index (χ1v) is 6.06. The first-order valence-electron chi connectivity index (χ1n) is 6.06. The zero-order valence-corrected chi connectivity index (χ0v) is 10.9. The van der Waals surface area contributed by atoms with Crippen molar-refractivity contribution in [3.63, 3.8) is 0 Å². The third-order valence-corrected chi connectivity index (χ3v) is 3.33. The van der Waals surface area contributed by atoms with Gasteiger partial charge < -0.3 is 19.9 Å². The largest absolute Gasteiger partial charge is 0.378 e. The molecule has 1 fully saturated rings. The Morgan fingerprint density at radius 1 is 1.56 bits per heavy atom. The molecule has 0 bridgehead atoms. The van der Waals surface area contributed by atoms with E-state index in [0.29, 0.717) is 12.2 Å². The van der Waals surface area contributed by atoms with E-state index in [9.17, 15) is 4.79 Å². The number of carbonyl (C=O) groups is 1. The number of nitrogens with zero attached hydrogens (tertiary/aromatic N) is 1. The second kappa shape index (κ2) is 5.49. The number of amides is 1. The quantitative estimate of drug-likeness (QED) is 0.786. The van der Waals surface area contributed by atoms with Crippen LogP contribution >= 0.6 is 0 Å². The molecule has 0 aromatic carbocycles. The summed E-state index contributed by atoms with van der Waals surface area (Å²) in [7, 11) is 1.66. The number of ether oxygens (including phenoxy) is 1. The lowest BCUT2D eigenvalue weighted by molar-refractivity contribution is -0.121. The molecular formula is C12H19N3O3. The van der Waals surface area contributed by atoms with Gasteiger partial charge in [0.15, 0.2) is 0 Å². The van der Waals surface area contributed by atoms with Crippen molar-refractivity contribution >= 4 is 5.91 Å². The SMILES string of the molecule is CO[C@H]1CNCC1NC(=O)Cc1c(C)noc1C. The highest BCUT2D eigenvalue weighted by Crippen LogP contribution is 2.13. The van der Waals surface area contributed by atoms with Gasteiger partial charge in [-0.15, -0.1) is 0 Å². The molecule has 100 valence electrons. The summed E-state index contributed by atoms with van der Waals surface area (Å²) in [6.45, 7) is 5.17. The number of aryl methyl sites for hydroxylation is 2. The standard InChI is InChI=1S/C12H19N3O3/c1-7-9(8(2)18-15-7)4-12(16)14-10-5-13-6-11(10)17-3/h10-11,13H,4-6H2,1-3H3,(H,14,16)/t10?,11-/m0/s1. The Hall–Kier alpha value is -1.40. The van der Waals surface area contributed by atoms with E-state index >= 15 is 0 Å². The van der Waals surface area contributed by atoms with E-state index in [0.717, 1.165) is 24.3 Å². The predicted molar refractivity (Wildman–Crippen MR) is 65.3 cm³/mol. The maximum atomic E-state index is 12.0. The maximum absolute atomic E-state index is 12.0. The zero-order valence-electron chi connectivity index (χ0n) is 10.9. The van der Waals surface area contributed by atoms with Crippen LogP contribution in [0.5, 0.6) is 0 Å². The number of aromatic nitrogens is 1. The van der Waals surface area contributed by atoms with Gasteiger partial charge in [-0.05, 0) is 13.8 Å². The zero-order chi connectivity index (χ0) is 13.1. The van der Waals surface area contributed by atoms with Crippen LogP contribution in [0, 0.1) is 13.8 Å². The van der Waals surface area contributed by atoms with Crippen molar-refractivity contribution in [3.05, 3.63) is 17.0 Å². The van der Waals surface area contributed by atoms with Crippen molar-refractivity contribution in [2.45, 2.75) is 32.4 Å². The number of nitrogens with one attached hydrogen (secondary N) is 2. The van der Waals surface area contributed by atoms with Gasteiger partial charge in [0.25, 0.3) is 0 Å². The Morgan fingerprint density at radius 2 is 2.33 bits per heavy atom. The summed E-state index contributed by atoms with van der Waals surface area (Å²) in [6.07, 6.45) is 0.340. The Bertz CT molecular complexity index is 411. The van der Waals surface area contributed by atoms with E-state index in [1.54, 1.807) is 7.11 Å². The molecule has 1 aromatic heterocycles. The van der Waals surface area contributed by atoms with Crippen LogP contribution in [0.15, 0.2) is 4.52 Å². The van der Waals surface area contributed by atoms with E-state index in [-0.39, 0.29) is 18.1 Å². The van der Waals surface area contributed by atoms with E-state index in [4.69, 9.17) is 9.26 Å². The minimum atomic E-state index is -0.0276. The number of carbonyl (C=O) groups excluding carboxylic acids is 1. The van der Waals surface area contributed by atoms with Crippen LogP contribution in [0.4, 0.5) is 0 Å². The molecule has 0 radical (unpaired) electrons. The van der Waals surface area contributed by atoms with Gasteiger partial charge in [-0.1, -0.05) is 5.16 Å². The minimum absolute atomic E-state index is 0.0276. The Labute approximate surface area is 106 Å². The second-order valence-electron chi connectivity index (χ2n) is 4.59. The number of hydrogen-bond acceptors (Lipinski definition) is 5. The van der Waals surface area contributed by atoms with Crippen molar-refractivity contribution < 1.29 is 14.1 Å². The van der Waals surface area contributed by atoms with Crippen LogP contribution < -0.4 is 10.6 Å². The molecule has 2 heterocycles. The fraction of sp³-hybridized carbons (Fsp3) is 0.667. The molecule has 2 N–H and O–H groups in total. The first-order chi connectivity index (χ1) is 8.61. The van der Waals surface area contributed by atoms with Gasteiger partial charge in [0, 0.05) is 25.8 Å². The van der Waals surface area contributed by atoms with Crippen LogP contribution in [0.3, 0.4) is 0 Å². The lowest BCUT2D eigenvalue weighted by atomic mass is 10.1. The average Bonchev–Trinajstić information content (AvgIpc) is 2.90. The third kappa shape index (κ3) is 2.70. The number of methoxy groups -OCH3 is 1. The summed E-state index contributed by atoms with van der Waals surface area (Å²) in [5.74, 6) is 0.677. The smallest absolute Gasteiger partial charge is 0.224 e. The molecule has 2 rings (SSSR count). The monoisotopic (exact) mass is 253 g/mol. The van der Waals surface area contributed by atoms with Crippen molar-refractivity contribution in [2.24, 2.45) is 0 Å². The molecular weight excluding hydrogens is 234 g/mol. The fourth-order valence-corrected chi connectivity index (χ4v) is 2.22. The molecule has 18 heavy (non-hydrogen) atoms. The molecule has 6 nitrogen and oxygen atoms in total. The van der Waals surface area contributed by atoms with Crippen molar-refractivity contribution in [1.82, 2.24) is 15.8 Å². The second-order valence-corrected chi connectivity index (χ2v) is 4.59. The van der Waals surface area contributed by atoms with Gasteiger partial charge in [0.2, 0.25) is 5.91 Å². The third-order valence-electron chi connectivity index (χ3n) is 3.33. The number of rotatable bonds is 4. The van der Waals surface area contributed by atoms with Gasteiger partial charge in [-0.25, -0.2) is 0 Å². The molecule has 1 aliphatic rings. The molecule has 1 saturated heterocycles. The molecule has 0 aliphatic carbocycles. The molecule has 1 amide bonds. The minimum Gasteiger partial charge on any atom is -0.378 e. The Balaban J connectivity index is 1.93. The van der Waals surface area contributed by atoms with Crippen LogP contribution in [0.1, 0.15) is 17.0 Å². The van der Waals surface area contributed by atoms with Gasteiger partial charge in [-0.3, -0.25) is 4.79 Å². The lowest BCUT2D eigenvalue weighted by Gasteiger charge is -2.18. The molecule has 0 saturated carbocycles. The molecule has 1 unspecified atom stereocenters. The Morgan fingerprint density at radius 3 is 2.94 bits per heavy atom. The lowest BCUT2D eigenvalue weighted by Crippen LogP contribution is -2.44. The van der Waals surface area contributed by atoms with Crippen LogP contribution in [-0.2, 0) is 16.0 Å². The van der Waals surface area contributed by atoms with Crippen molar-refractivity contribution in [1.29, 1.82) is 0 Å². The summed E-state index contributed by atoms with van der Waals surface area (Å²) in [5.41, 5.74) is 1.64. The predicted octanol–water partition coefficient (Wildman–Crippen LogP) is -0.0631. The van der Waals surface area contributed by atoms with Crippen molar-refractivity contribution in [3.8, 4) is 0 Å². The summed E-state index contributed by atoms with van der Waals surface area (Å²) in [4.78, 5) is 12.0. The summed E-state index contributed by atoms with van der Waals surface area (Å²) >= 11 is 0. The molecule has 6 heteroatoms. The summed E-state index contributed by atoms with van der Waals surface area (Å²) in [5, 5.41) is 10.0. The van der Waals surface area contributed by atoms with Crippen LogP contribution in [0.2, 0.25) is 0 Å². The molecule has 0 spiro atoms. The highest BCUT2D eigenvalue weighted by Gasteiger charge is 2.28. The highest BCUT2D eigenvalue weighted by molar-refractivity contribution is 5.79. The van der Waals surface area contributed by atoms with Gasteiger partial charge in [0.05, 0.1) is 24.3 Å². The molecule has 1 aliphatic heterocycles. The molecule has 1 aromatic rings. The number of hydrogen-bond donors (Lipinski definition) is 2. The van der Waals surface area contributed by atoms with Gasteiger partial charge in [-0.2, -0.15) is 0 Å². The fourth-order valence-electron chi connectivity index (χ4n) is 2.22. The van der Waals surface area contributed by atoms with Crippen molar-refractivity contribution in [2.75, 3.05) is 20.2 Å². The Kier molecular flexibility index (Phi) is 3.98. The molecule has 2 atom stereocenters.